The second-order valence-corrected chi connectivity index (χ2v) is 9.07. The Morgan fingerprint density at radius 3 is 2.66 bits per heavy atom. The normalized spacial score (nSPS) is 14.3. The van der Waals surface area contributed by atoms with Gasteiger partial charge in [0.2, 0.25) is 0 Å². The molecule has 0 amide bonds. The monoisotopic (exact) mass is 480 g/mol. The average Bonchev–Trinajstić information content (AvgIpc) is 3.36. The Balaban J connectivity index is 1.37. The van der Waals surface area contributed by atoms with Gasteiger partial charge in [-0.2, -0.15) is 5.10 Å². The summed E-state index contributed by atoms with van der Waals surface area (Å²) in [5.41, 5.74) is 3.45. The SMILES string of the molecule is Cc1ccc(NCC(C)(C)c2ccc3c(c2)OC(F)(F)O3)nc1-c1ccc2c(C(=O)O)n[nH]c2c1. The number of aromatic carboxylic acids is 1. The van der Waals surface area contributed by atoms with E-state index in [0.29, 0.717) is 23.3 Å². The maximum Gasteiger partial charge on any atom is 0.586 e. The predicted molar refractivity (Wildman–Crippen MR) is 125 cm³/mol. The molecular weight excluding hydrogens is 458 g/mol. The van der Waals surface area contributed by atoms with Crippen LogP contribution in [0.1, 0.15) is 35.5 Å². The Morgan fingerprint density at radius 1 is 1.11 bits per heavy atom. The number of hydrogen-bond donors (Lipinski definition) is 3. The number of carbonyl (C=O) groups is 1. The topological polar surface area (TPSA) is 109 Å². The first-order valence-electron chi connectivity index (χ1n) is 10.9. The van der Waals surface area contributed by atoms with E-state index >= 15 is 0 Å². The Kier molecular flexibility index (Phi) is 5.12. The number of carboxylic acid groups (broad SMARTS) is 1. The van der Waals surface area contributed by atoms with Gasteiger partial charge >= 0.3 is 12.3 Å². The van der Waals surface area contributed by atoms with Crippen LogP contribution in [0.5, 0.6) is 11.5 Å². The van der Waals surface area contributed by atoms with Gasteiger partial charge in [0, 0.05) is 22.9 Å². The molecule has 180 valence electrons. The molecule has 1 aliphatic heterocycles. The highest BCUT2D eigenvalue weighted by atomic mass is 19.3. The highest BCUT2D eigenvalue weighted by Crippen LogP contribution is 2.43. The summed E-state index contributed by atoms with van der Waals surface area (Å²) >= 11 is 0. The fourth-order valence-corrected chi connectivity index (χ4v) is 4.03. The standard InChI is InChI=1S/C25H22F2N4O4/c1-13-4-9-20(29-21(13)14-5-7-16-17(10-14)30-31-22(16)23(32)33)28-12-24(2,3)15-6-8-18-19(11-15)35-25(26,27)34-18/h4-11H,12H2,1-3H3,(H,28,29)(H,30,31)(H,32,33). The van der Waals surface area contributed by atoms with Crippen molar-refractivity contribution < 1.29 is 28.2 Å². The first-order valence-corrected chi connectivity index (χ1v) is 10.9. The van der Waals surface area contributed by atoms with Gasteiger partial charge < -0.3 is 19.9 Å². The number of pyridine rings is 1. The first-order chi connectivity index (χ1) is 16.5. The van der Waals surface area contributed by atoms with E-state index in [1.807, 2.05) is 45.0 Å². The lowest BCUT2D eigenvalue weighted by Crippen LogP contribution is -2.28. The maximum atomic E-state index is 13.4. The smallest absolute Gasteiger partial charge is 0.476 e. The highest BCUT2D eigenvalue weighted by molar-refractivity contribution is 6.01. The Hall–Kier alpha value is -4.21. The molecule has 0 unspecified atom stereocenters. The summed E-state index contributed by atoms with van der Waals surface area (Å²) in [5.74, 6) is -0.432. The number of rotatable bonds is 6. The second kappa shape index (κ2) is 7.93. The van der Waals surface area contributed by atoms with E-state index in [0.717, 1.165) is 22.4 Å². The molecule has 0 saturated carbocycles. The number of benzene rings is 2. The van der Waals surface area contributed by atoms with Crippen molar-refractivity contribution in [3.8, 4) is 22.8 Å². The van der Waals surface area contributed by atoms with E-state index < -0.39 is 17.7 Å². The van der Waals surface area contributed by atoms with Crippen molar-refractivity contribution in [3.63, 3.8) is 0 Å². The molecule has 35 heavy (non-hydrogen) atoms. The highest BCUT2D eigenvalue weighted by Gasteiger charge is 2.43. The number of nitrogens with one attached hydrogen (secondary N) is 2. The number of hydrogen-bond acceptors (Lipinski definition) is 6. The molecule has 2 aromatic carbocycles. The molecule has 3 heterocycles. The van der Waals surface area contributed by atoms with Gasteiger partial charge in [0.25, 0.3) is 0 Å². The lowest BCUT2D eigenvalue weighted by Gasteiger charge is -2.26. The number of aryl methyl sites for hydroxylation is 1. The molecule has 4 aromatic rings. The second-order valence-electron chi connectivity index (χ2n) is 9.07. The number of aromatic amines is 1. The lowest BCUT2D eigenvalue weighted by molar-refractivity contribution is -0.286. The zero-order chi connectivity index (χ0) is 25.0. The van der Waals surface area contributed by atoms with Gasteiger partial charge in [-0.05, 0) is 48.4 Å². The first kappa shape index (κ1) is 22.6. The van der Waals surface area contributed by atoms with Crippen molar-refractivity contribution in [2.75, 3.05) is 11.9 Å². The molecule has 0 atom stereocenters. The lowest BCUT2D eigenvalue weighted by atomic mass is 9.84. The van der Waals surface area contributed by atoms with Gasteiger partial charge in [-0.1, -0.05) is 32.0 Å². The van der Waals surface area contributed by atoms with Crippen LogP contribution in [0.2, 0.25) is 0 Å². The molecule has 10 heteroatoms. The van der Waals surface area contributed by atoms with Gasteiger partial charge in [-0.15, -0.1) is 8.78 Å². The van der Waals surface area contributed by atoms with Crippen molar-refractivity contribution in [1.29, 1.82) is 0 Å². The number of halogens is 2. The van der Waals surface area contributed by atoms with E-state index in [1.165, 1.54) is 6.07 Å². The van der Waals surface area contributed by atoms with E-state index in [1.54, 1.807) is 18.2 Å². The van der Waals surface area contributed by atoms with E-state index in [4.69, 9.17) is 4.98 Å². The fraction of sp³-hybridized carbons (Fsp3) is 0.240. The molecule has 0 bridgehead atoms. The minimum absolute atomic E-state index is 0.0107. The zero-order valence-corrected chi connectivity index (χ0v) is 19.1. The summed E-state index contributed by atoms with van der Waals surface area (Å²) in [7, 11) is 0. The van der Waals surface area contributed by atoms with Crippen LogP contribution in [0.15, 0.2) is 48.5 Å². The Morgan fingerprint density at radius 2 is 1.89 bits per heavy atom. The molecule has 0 radical (unpaired) electrons. The predicted octanol–water partition coefficient (Wildman–Crippen LogP) is 5.34. The molecule has 1 aliphatic rings. The molecule has 3 N–H and O–H groups in total. The molecule has 5 rings (SSSR count). The Labute approximate surface area is 198 Å². The molecular formula is C25H22F2N4O4. The van der Waals surface area contributed by atoms with Crippen molar-refractivity contribution >= 4 is 22.7 Å². The van der Waals surface area contributed by atoms with Gasteiger partial charge in [0.15, 0.2) is 17.2 Å². The van der Waals surface area contributed by atoms with Gasteiger partial charge in [0.05, 0.1) is 11.2 Å². The van der Waals surface area contributed by atoms with Crippen LogP contribution < -0.4 is 14.8 Å². The average molecular weight is 480 g/mol. The number of aromatic nitrogens is 3. The van der Waals surface area contributed by atoms with Crippen molar-refractivity contribution in [1.82, 2.24) is 15.2 Å². The van der Waals surface area contributed by atoms with Crippen LogP contribution in [0.3, 0.4) is 0 Å². The number of nitrogens with zero attached hydrogens (tertiary/aromatic N) is 2. The number of H-pyrrole nitrogens is 1. The fourth-order valence-electron chi connectivity index (χ4n) is 4.03. The molecule has 8 nitrogen and oxygen atoms in total. The van der Waals surface area contributed by atoms with Crippen LogP contribution in [0.25, 0.3) is 22.2 Å². The van der Waals surface area contributed by atoms with E-state index in [-0.39, 0.29) is 17.2 Å². The molecule has 0 saturated heterocycles. The molecule has 0 spiro atoms. The molecule has 0 fully saturated rings. The number of ether oxygens (including phenoxy) is 2. The summed E-state index contributed by atoms with van der Waals surface area (Å²) < 4.78 is 35.8. The van der Waals surface area contributed by atoms with Crippen LogP contribution >= 0.6 is 0 Å². The number of carboxylic acids is 1. The number of anilines is 1. The third-order valence-corrected chi connectivity index (χ3v) is 6.03. The summed E-state index contributed by atoms with van der Waals surface area (Å²) in [5, 5.41) is 19.7. The van der Waals surface area contributed by atoms with Crippen LogP contribution in [0.4, 0.5) is 14.6 Å². The van der Waals surface area contributed by atoms with Crippen LogP contribution in [-0.4, -0.2) is 39.1 Å². The Bertz CT molecular complexity index is 1470. The summed E-state index contributed by atoms with van der Waals surface area (Å²) in [6.07, 6.45) is -3.65. The maximum absolute atomic E-state index is 13.4. The summed E-state index contributed by atoms with van der Waals surface area (Å²) in [4.78, 5) is 16.1. The van der Waals surface area contributed by atoms with Crippen molar-refractivity contribution in [2.45, 2.75) is 32.5 Å². The van der Waals surface area contributed by atoms with Crippen molar-refractivity contribution in [3.05, 3.63) is 65.4 Å². The van der Waals surface area contributed by atoms with Gasteiger partial charge in [-0.3, -0.25) is 5.10 Å². The van der Waals surface area contributed by atoms with Crippen LogP contribution in [-0.2, 0) is 5.41 Å². The molecule has 2 aromatic heterocycles. The quantitative estimate of drug-likeness (QED) is 0.342. The van der Waals surface area contributed by atoms with Crippen molar-refractivity contribution in [2.24, 2.45) is 0 Å². The largest absolute Gasteiger partial charge is 0.586 e. The third-order valence-electron chi connectivity index (χ3n) is 6.03. The van der Waals surface area contributed by atoms with E-state index in [2.05, 4.69) is 25.0 Å². The number of fused-ring (bicyclic) bond motifs is 2. The van der Waals surface area contributed by atoms with Crippen LogP contribution in [0, 0.1) is 6.92 Å². The number of alkyl halides is 2. The van der Waals surface area contributed by atoms with Gasteiger partial charge in [0.1, 0.15) is 5.82 Å². The van der Waals surface area contributed by atoms with E-state index in [9.17, 15) is 18.7 Å². The van der Waals surface area contributed by atoms with Gasteiger partial charge in [-0.25, -0.2) is 9.78 Å². The summed E-state index contributed by atoms with van der Waals surface area (Å²) in [6.45, 7) is 6.38. The molecule has 0 aliphatic carbocycles. The third kappa shape index (κ3) is 4.23. The minimum Gasteiger partial charge on any atom is -0.476 e. The minimum atomic E-state index is -3.65. The summed E-state index contributed by atoms with van der Waals surface area (Å²) in [6, 6.07) is 14.0. The zero-order valence-electron chi connectivity index (χ0n) is 19.1.